The summed E-state index contributed by atoms with van der Waals surface area (Å²) in [5.74, 6) is 2.04. The first kappa shape index (κ1) is 31.5. The number of aliphatic imine (C=N–C) groups is 1. The van der Waals surface area contributed by atoms with Gasteiger partial charge >= 0.3 is 0 Å². The van der Waals surface area contributed by atoms with E-state index in [1.807, 2.05) is 66.4 Å². The smallest absolute Gasteiger partial charge is 0.247 e. The number of benzene rings is 2. The number of amides is 1. The summed E-state index contributed by atoms with van der Waals surface area (Å²) in [5.41, 5.74) is 12.3. The molecule has 6 rings (SSSR count). The van der Waals surface area contributed by atoms with Gasteiger partial charge in [-0.25, -0.2) is 0 Å². The molecule has 4 aliphatic rings. The number of carbonyl (C=O) groups excluding carboxylic acids is 1. The second-order valence-electron chi connectivity index (χ2n) is 12.1. The van der Waals surface area contributed by atoms with Crippen LogP contribution in [0.3, 0.4) is 0 Å². The molecule has 3 N–H and O–H groups in total. The van der Waals surface area contributed by atoms with E-state index in [1.54, 1.807) is 20.4 Å². The summed E-state index contributed by atoms with van der Waals surface area (Å²) >= 11 is 0. The van der Waals surface area contributed by atoms with Crippen molar-refractivity contribution in [3.8, 4) is 11.5 Å². The van der Waals surface area contributed by atoms with E-state index in [4.69, 9.17) is 19.9 Å². The molecule has 1 atom stereocenters. The topological polar surface area (TPSA) is 108 Å². The lowest BCUT2D eigenvalue weighted by Crippen LogP contribution is -2.52. The molecule has 4 heterocycles. The molecule has 1 amide bonds. The van der Waals surface area contributed by atoms with Gasteiger partial charge in [-0.3, -0.25) is 19.6 Å². The predicted octanol–water partition coefficient (Wildman–Crippen LogP) is 3.85. The minimum atomic E-state index is -0.381. The highest BCUT2D eigenvalue weighted by Gasteiger charge is 2.35. The number of carbonyl (C=O) groups is 1. The molecule has 11 nitrogen and oxygen atoms in total. The SMILES string of the molecule is C=C(N1CCN(C2CCOCC2)CC1)N1C=CN=C(C)/C1=C(/N)c1ccc(NC(=O)C2Cc3c(OC)cccc3N2C)c(OC)c1. The molecule has 0 aromatic heterocycles. The standard InChI is InChI=1S/C35H45N7O4/c1-23-34(42(14-13-37-23)24(2)40-15-17-41(18-16-40)26-11-19-46-20-12-26)33(36)25-9-10-28(32(21-25)45-5)38-35(43)30-22-27-29(39(30)3)7-6-8-31(27)44-4/h6-10,13-14,21,26,30H,2,11-12,15-20,22,36H2,1,3-5H3,(H,38,43)/b34-33-. The minimum Gasteiger partial charge on any atom is -0.496 e. The summed E-state index contributed by atoms with van der Waals surface area (Å²) in [6.45, 7) is 11.9. The number of rotatable bonds is 8. The predicted molar refractivity (Wildman–Crippen MR) is 182 cm³/mol. The second-order valence-corrected chi connectivity index (χ2v) is 12.1. The van der Waals surface area contributed by atoms with E-state index in [0.717, 1.165) is 92.0 Å². The lowest BCUT2D eigenvalue weighted by Gasteiger charge is -2.44. The van der Waals surface area contributed by atoms with Crippen molar-refractivity contribution in [1.29, 1.82) is 0 Å². The number of nitrogens with zero attached hydrogens (tertiary/aromatic N) is 5. The van der Waals surface area contributed by atoms with Gasteiger partial charge in [-0.2, -0.15) is 0 Å². The molecule has 2 aromatic carbocycles. The Balaban J connectivity index is 1.18. The Labute approximate surface area is 271 Å². The van der Waals surface area contributed by atoms with Crippen molar-refractivity contribution < 1.29 is 19.0 Å². The number of ether oxygens (including phenoxy) is 3. The van der Waals surface area contributed by atoms with Gasteiger partial charge in [0.1, 0.15) is 23.4 Å². The van der Waals surface area contributed by atoms with Gasteiger partial charge in [0.05, 0.1) is 37.0 Å². The van der Waals surface area contributed by atoms with Crippen molar-refractivity contribution in [2.75, 3.05) is 70.9 Å². The largest absolute Gasteiger partial charge is 0.496 e. The van der Waals surface area contributed by atoms with Crippen molar-refractivity contribution >= 4 is 28.7 Å². The number of nitrogens with two attached hydrogens (primary N) is 1. The number of likely N-dealkylation sites (N-methyl/N-ethyl adjacent to an activating group) is 1. The Kier molecular flexibility index (Phi) is 9.23. The fourth-order valence-corrected chi connectivity index (χ4v) is 6.97. The van der Waals surface area contributed by atoms with Gasteiger partial charge < -0.3 is 35.1 Å². The first-order valence-corrected chi connectivity index (χ1v) is 15.9. The molecular formula is C35H45N7O4. The molecule has 1 unspecified atom stereocenters. The molecule has 2 fully saturated rings. The van der Waals surface area contributed by atoms with Crippen LogP contribution in [0.1, 0.15) is 30.9 Å². The van der Waals surface area contributed by atoms with E-state index in [1.165, 1.54) is 0 Å². The van der Waals surface area contributed by atoms with Crippen molar-refractivity contribution in [3.05, 3.63) is 78.0 Å². The Hall–Kier alpha value is -4.48. The van der Waals surface area contributed by atoms with E-state index in [2.05, 4.69) is 26.7 Å². The molecule has 11 heteroatoms. The maximum absolute atomic E-state index is 13.5. The highest BCUT2D eigenvalue weighted by Crippen LogP contribution is 2.38. The van der Waals surface area contributed by atoms with E-state index in [9.17, 15) is 4.79 Å². The number of anilines is 2. The Morgan fingerprint density at radius 2 is 1.80 bits per heavy atom. The maximum Gasteiger partial charge on any atom is 0.247 e. The third-order valence-electron chi connectivity index (χ3n) is 9.63. The molecule has 2 aromatic rings. The van der Waals surface area contributed by atoms with Crippen molar-refractivity contribution in [2.24, 2.45) is 10.7 Å². The number of piperazine rings is 1. The Morgan fingerprint density at radius 3 is 2.52 bits per heavy atom. The average molecular weight is 628 g/mol. The number of hydrogen-bond acceptors (Lipinski definition) is 10. The first-order valence-electron chi connectivity index (χ1n) is 15.9. The van der Waals surface area contributed by atoms with E-state index in [-0.39, 0.29) is 11.9 Å². The zero-order valence-corrected chi connectivity index (χ0v) is 27.3. The first-order chi connectivity index (χ1) is 22.3. The lowest BCUT2D eigenvalue weighted by molar-refractivity contribution is -0.117. The van der Waals surface area contributed by atoms with Crippen LogP contribution in [0.4, 0.5) is 11.4 Å². The number of methoxy groups -OCH3 is 2. The van der Waals surface area contributed by atoms with Crippen LogP contribution in [0.2, 0.25) is 0 Å². The molecule has 2 saturated heterocycles. The van der Waals surface area contributed by atoms with E-state index >= 15 is 0 Å². The van der Waals surface area contributed by atoms with E-state index < -0.39 is 0 Å². The summed E-state index contributed by atoms with van der Waals surface area (Å²) < 4.78 is 16.9. The Bertz CT molecular complexity index is 1570. The molecule has 46 heavy (non-hydrogen) atoms. The number of hydrogen-bond donors (Lipinski definition) is 2. The van der Waals surface area contributed by atoms with Crippen LogP contribution in [0.5, 0.6) is 11.5 Å². The molecular weight excluding hydrogens is 582 g/mol. The van der Waals surface area contributed by atoms with Gasteiger partial charge in [-0.05, 0) is 44.0 Å². The molecule has 0 bridgehead atoms. The second kappa shape index (κ2) is 13.5. The lowest BCUT2D eigenvalue weighted by atomic mass is 10.0. The van der Waals surface area contributed by atoms with Gasteiger partial charge in [-0.1, -0.05) is 18.7 Å². The van der Waals surface area contributed by atoms with Gasteiger partial charge in [0.15, 0.2) is 0 Å². The van der Waals surface area contributed by atoms with E-state index in [0.29, 0.717) is 29.6 Å². The van der Waals surface area contributed by atoms with Crippen molar-refractivity contribution in [2.45, 2.75) is 38.3 Å². The van der Waals surface area contributed by atoms with Gasteiger partial charge in [0.2, 0.25) is 5.91 Å². The number of fused-ring (bicyclic) bond motifs is 1. The molecule has 0 aliphatic carbocycles. The number of allylic oxidation sites excluding steroid dienone is 1. The van der Waals surface area contributed by atoms with Crippen LogP contribution in [-0.4, -0.2) is 99.1 Å². The molecule has 244 valence electrons. The zero-order chi connectivity index (χ0) is 32.4. The van der Waals surface area contributed by atoms with Gasteiger partial charge in [-0.15, -0.1) is 0 Å². The van der Waals surface area contributed by atoms with Crippen LogP contribution in [0, 0.1) is 0 Å². The summed E-state index contributed by atoms with van der Waals surface area (Å²) in [6.07, 6.45) is 6.45. The van der Waals surface area contributed by atoms with Crippen LogP contribution >= 0.6 is 0 Å². The minimum absolute atomic E-state index is 0.127. The zero-order valence-electron chi connectivity index (χ0n) is 27.3. The maximum atomic E-state index is 13.5. The van der Waals surface area contributed by atoms with Crippen LogP contribution in [0.15, 0.2) is 71.9 Å². The van der Waals surface area contributed by atoms with Crippen LogP contribution in [0.25, 0.3) is 5.70 Å². The number of nitrogens with one attached hydrogen (secondary N) is 1. The molecule has 0 spiro atoms. The third-order valence-corrected chi connectivity index (χ3v) is 9.63. The van der Waals surface area contributed by atoms with Crippen molar-refractivity contribution in [3.63, 3.8) is 0 Å². The summed E-state index contributed by atoms with van der Waals surface area (Å²) in [7, 11) is 5.17. The highest BCUT2D eigenvalue weighted by atomic mass is 16.5. The van der Waals surface area contributed by atoms with Crippen LogP contribution in [-0.2, 0) is 16.0 Å². The fraction of sp³-hybridized carbons (Fsp3) is 0.429. The van der Waals surface area contributed by atoms with Gasteiger partial charge in [0.25, 0.3) is 0 Å². The normalized spacial score (nSPS) is 21.5. The monoisotopic (exact) mass is 627 g/mol. The molecule has 4 aliphatic heterocycles. The molecule has 0 radical (unpaired) electrons. The molecule has 0 saturated carbocycles. The van der Waals surface area contributed by atoms with Crippen molar-refractivity contribution in [1.82, 2.24) is 14.7 Å². The third kappa shape index (κ3) is 6.04. The quantitative estimate of drug-likeness (QED) is 0.451. The fourth-order valence-electron chi connectivity index (χ4n) is 6.97. The summed E-state index contributed by atoms with van der Waals surface area (Å²) in [5, 5.41) is 3.08. The Morgan fingerprint density at radius 1 is 1.07 bits per heavy atom. The van der Waals surface area contributed by atoms with Crippen LogP contribution < -0.4 is 25.4 Å². The summed E-state index contributed by atoms with van der Waals surface area (Å²) in [4.78, 5) is 27.0. The highest BCUT2D eigenvalue weighted by molar-refractivity contribution is 6.05. The summed E-state index contributed by atoms with van der Waals surface area (Å²) in [6, 6.07) is 11.7. The van der Waals surface area contributed by atoms with Gasteiger partial charge in [0, 0.05) is 88.1 Å². The average Bonchev–Trinajstić information content (AvgIpc) is 3.44.